The molecule has 1 aromatic rings. The van der Waals surface area contributed by atoms with Crippen LogP contribution in [0.2, 0.25) is 0 Å². The van der Waals surface area contributed by atoms with E-state index in [9.17, 15) is 4.79 Å². The summed E-state index contributed by atoms with van der Waals surface area (Å²) in [6.07, 6.45) is 4.37. The zero-order valence-electron chi connectivity index (χ0n) is 14.9. The Balaban J connectivity index is 1.48. The first kappa shape index (κ1) is 17.0. The molecule has 0 spiro atoms. The first-order chi connectivity index (χ1) is 11.5. The molecule has 132 valence electrons. The summed E-state index contributed by atoms with van der Waals surface area (Å²) < 4.78 is 0. The molecule has 2 aliphatic rings. The number of piperazine rings is 1. The number of nitrogens with zero attached hydrogens (tertiary/aromatic N) is 4. The van der Waals surface area contributed by atoms with Crippen molar-refractivity contribution in [2.24, 2.45) is 0 Å². The second kappa shape index (κ2) is 7.38. The molecule has 0 radical (unpaired) electrons. The molecule has 0 aromatic carbocycles. The highest BCUT2D eigenvalue weighted by Crippen LogP contribution is 2.15. The summed E-state index contributed by atoms with van der Waals surface area (Å²) in [5.74, 6) is 0.993. The van der Waals surface area contributed by atoms with Gasteiger partial charge in [-0.1, -0.05) is 6.07 Å². The first-order valence-electron chi connectivity index (χ1n) is 8.99. The van der Waals surface area contributed by atoms with E-state index in [-0.39, 0.29) is 11.6 Å². The Bertz CT molecular complexity index is 534. The molecule has 2 amide bonds. The largest absolute Gasteiger partial charge is 0.353 e. The molecule has 0 atom stereocenters. The molecule has 6 heteroatoms. The molecular weight excluding hydrogens is 302 g/mol. The summed E-state index contributed by atoms with van der Waals surface area (Å²) in [5.41, 5.74) is -0.195. The van der Waals surface area contributed by atoms with E-state index in [1.807, 2.05) is 29.3 Å². The third kappa shape index (κ3) is 4.38. The van der Waals surface area contributed by atoms with Crippen LogP contribution >= 0.6 is 0 Å². The Hall–Kier alpha value is -1.82. The third-order valence-electron chi connectivity index (χ3n) is 4.80. The number of likely N-dealkylation sites (tertiary alicyclic amines) is 1. The molecule has 6 nitrogen and oxygen atoms in total. The van der Waals surface area contributed by atoms with Gasteiger partial charge in [0.1, 0.15) is 5.82 Å². The van der Waals surface area contributed by atoms with Gasteiger partial charge in [0.15, 0.2) is 0 Å². The Labute approximate surface area is 144 Å². The van der Waals surface area contributed by atoms with Gasteiger partial charge in [-0.05, 0) is 51.9 Å². The lowest BCUT2D eigenvalue weighted by Gasteiger charge is -2.38. The van der Waals surface area contributed by atoms with Crippen LogP contribution in [0.5, 0.6) is 0 Å². The Morgan fingerprint density at radius 2 is 1.83 bits per heavy atom. The number of pyridine rings is 1. The van der Waals surface area contributed by atoms with E-state index in [2.05, 4.69) is 33.9 Å². The van der Waals surface area contributed by atoms with Crippen molar-refractivity contribution in [1.29, 1.82) is 0 Å². The fraction of sp³-hybridized carbons (Fsp3) is 0.667. The summed E-state index contributed by atoms with van der Waals surface area (Å²) in [5, 5.41) is 3.22. The van der Waals surface area contributed by atoms with Gasteiger partial charge in [-0.25, -0.2) is 9.78 Å². The Morgan fingerprint density at radius 3 is 2.46 bits per heavy atom. The minimum atomic E-state index is -0.195. The van der Waals surface area contributed by atoms with Crippen LogP contribution in [0.1, 0.15) is 26.7 Å². The van der Waals surface area contributed by atoms with Crippen molar-refractivity contribution < 1.29 is 4.79 Å². The fourth-order valence-electron chi connectivity index (χ4n) is 3.59. The van der Waals surface area contributed by atoms with Gasteiger partial charge in [-0.15, -0.1) is 0 Å². The molecule has 0 aliphatic carbocycles. The van der Waals surface area contributed by atoms with Gasteiger partial charge in [0.25, 0.3) is 0 Å². The van der Waals surface area contributed by atoms with Crippen molar-refractivity contribution in [2.45, 2.75) is 32.2 Å². The second-order valence-electron chi connectivity index (χ2n) is 7.46. The van der Waals surface area contributed by atoms with E-state index in [1.54, 1.807) is 0 Å². The lowest BCUT2D eigenvalue weighted by molar-refractivity contribution is 0.172. The normalized spacial score (nSPS) is 19.6. The van der Waals surface area contributed by atoms with Crippen LogP contribution in [-0.2, 0) is 0 Å². The summed E-state index contributed by atoms with van der Waals surface area (Å²) in [4.78, 5) is 23.6. The van der Waals surface area contributed by atoms with Gasteiger partial charge < -0.3 is 20.0 Å². The third-order valence-corrected chi connectivity index (χ3v) is 4.80. The Morgan fingerprint density at radius 1 is 1.12 bits per heavy atom. The summed E-state index contributed by atoms with van der Waals surface area (Å²) in [6, 6.07) is 6.01. The predicted molar refractivity (Wildman–Crippen MR) is 96.3 cm³/mol. The molecule has 0 saturated carbocycles. The standard InChI is InChI=1S/C18H29N5O/c1-18(2,15-21-9-5-6-10-21)20-17(24)23-13-11-22(12-14-23)16-7-3-4-8-19-16/h3-4,7-8H,5-6,9-15H2,1-2H3,(H,20,24). The van der Waals surface area contributed by atoms with E-state index in [0.29, 0.717) is 0 Å². The average Bonchev–Trinajstić information content (AvgIpc) is 3.07. The summed E-state index contributed by atoms with van der Waals surface area (Å²) >= 11 is 0. The number of carbonyl (C=O) groups is 1. The van der Waals surface area contributed by atoms with E-state index in [4.69, 9.17) is 0 Å². The Kier molecular flexibility index (Phi) is 5.23. The molecule has 1 N–H and O–H groups in total. The maximum absolute atomic E-state index is 12.6. The van der Waals surface area contributed by atoms with E-state index < -0.39 is 0 Å². The quantitative estimate of drug-likeness (QED) is 0.914. The second-order valence-corrected chi connectivity index (χ2v) is 7.46. The number of hydrogen-bond acceptors (Lipinski definition) is 4. The van der Waals surface area contributed by atoms with Crippen LogP contribution in [0.15, 0.2) is 24.4 Å². The number of rotatable bonds is 4. The lowest BCUT2D eigenvalue weighted by Crippen LogP contribution is -2.58. The van der Waals surface area contributed by atoms with Crippen molar-refractivity contribution in [1.82, 2.24) is 20.1 Å². The summed E-state index contributed by atoms with van der Waals surface area (Å²) in [7, 11) is 0. The highest BCUT2D eigenvalue weighted by atomic mass is 16.2. The molecule has 2 aliphatic heterocycles. The molecule has 2 saturated heterocycles. The lowest BCUT2D eigenvalue weighted by atomic mass is 10.1. The minimum Gasteiger partial charge on any atom is -0.353 e. The van der Waals surface area contributed by atoms with Gasteiger partial charge in [0.2, 0.25) is 0 Å². The minimum absolute atomic E-state index is 0.0554. The van der Waals surface area contributed by atoms with Crippen molar-refractivity contribution >= 4 is 11.8 Å². The van der Waals surface area contributed by atoms with Crippen LogP contribution in [0.4, 0.5) is 10.6 Å². The van der Waals surface area contributed by atoms with Crippen LogP contribution in [0.25, 0.3) is 0 Å². The zero-order chi connectivity index (χ0) is 17.0. The van der Waals surface area contributed by atoms with Gasteiger partial charge in [-0.3, -0.25) is 0 Å². The zero-order valence-corrected chi connectivity index (χ0v) is 14.9. The number of carbonyl (C=O) groups excluding carboxylic acids is 1. The van der Waals surface area contributed by atoms with Gasteiger partial charge in [0.05, 0.1) is 0 Å². The van der Waals surface area contributed by atoms with Crippen molar-refractivity contribution in [3.05, 3.63) is 24.4 Å². The number of amides is 2. The maximum Gasteiger partial charge on any atom is 0.317 e. The van der Waals surface area contributed by atoms with E-state index >= 15 is 0 Å². The number of aromatic nitrogens is 1. The fourth-order valence-corrected chi connectivity index (χ4v) is 3.59. The predicted octanol–water partition coefficient (Wildman–Crippen LogP) is 1.79. The molecule has 0 bridgehead atoms. The van der Waals surface area contributed by atoms with Crippen LogP contribution < -0.4 is 10.2 Å². The molecule has 3 heterocycles. The highest BCUT2D eigenvalue weighted by Gasteiger charge is 2.29. The maximum atomic E-state index is 12.6. The topological polar surface area (TPSA) is 51.7 Å². The number of hydrogen-bond donors (Lipinski definition) is 1. The van der Waals surface area contributed by atoms with Gasteiger partial charge in [0, 0.05) is 44.5 Å². The number of urea groups is 1. The summed E-state index contributed by atoms with van der Waals surface area (Å²) in [6.45, 7) is 10.6. The monoisotopic (exact) mass is 331 g/mol. The molecule has 1 aromatic heterocycles. The van der Waals surface area contributed by atoms with Crippen molar-refractivity contribution in [2.75, 3.05) is 50.7 Å². The molecule has 0 unspecified atom stereocenters. The molecular formula is C18H29N5O. The van der Waals surface area contributed by atoms with E-state index in [0.717, 1.165) is 51.6 Å². The van der Waals surface area contributed by atoms with E-state index in [1.165, 1.54) is 12.8 Å². The van der Waals surface area contributed by atoms with Gasteiger partial charge >= 0.3 is 6.03 Å². The van der Waals surface area contributed by atoms with Gasteiger partial charge in [-0.2, -0.15) is 0 Å². The van der Waals surface area contributed by atoms with Crippen LogP contribution in [0.3, 0.4) is 0 Å². The number of nitrogens with one attached hydrogen (secondary N) is 1. The van der Waals surface area contributed by atoms with Crippen LogP contribution in [0, 0.1) is 0 Å². The number of anilines is 1. The highest BCUT2D eigenvalue weighted by molar-refractivity contribution is 5.75. The molecule has 3 rings (SSSR count). The van der Waals surface area contributed by atoms with Crippen molar-refractivity contribution in [3.8, 4) is 0 Å². The first-order valence-corrected chi connectivity index (χ1v) is 8.99. The molecule has 24 heavy (non-hydrogen) atoms. The van der Waals surface area contributed by atoms with Crippen molar-refractivity contribution in [3.63, 3.8) is 0 Å². The SMILES string of the molecule is CC(C)(CN1CCCC1)NC(=O)N1CCN(c2ccccn2)CC1. The van der Waals surface area contributed by atoms with Crippen LogP contribution in [-0.4, -0.2) is 72.2 Å². The average molecular weight is 331 g/mol. The molecule has 2 fully saturated rings. The smallest absolute Gasteiger partial charge is 0.317 e.